The lowest BCUT2D eigenvalue weighted by molar-refractivity contribution is -0.145. The highest BCUT2D eigenvalue weighted by molar-refractivity contribution is 5.80. The second-order valence-electron chi connectivity index (χ2n) is 12.0. The minimum atomic E-state index is 0.00786. The summed E-state index contributed by atoms with van der Waals surface area (Å²) in [5.74, 6) is 2.15. The van der Waals surface area contributed by atoms with Gasteiger partial charge < -0.3 is 15.0 Å². The summed E-state index contributed by atoms with van der Waals surface area (Å²) in [5, 5.41) is 4.05. The van der Waals surface area contributed by atoms with Crippen molar-refractivity contribution in [2.24, 2.45) is 11.8 Å². The molecule has 41 heavy (non-hydrogen) atoms. The van der Waals surface area contributed by atoms with E-state index in [-0.39, 0.29) is 29.8 Å². The van der Waals surface area contributed by atoms with E-state index < -0.39 is 0 Å². The second kappa shape index (κ2) is 13.2. The Morgan fingerprint density at radius 2 is 1.59 bits per heavy atom. The van der Waals surface area contributed by atoms with Crippen molar-refractivity contribution in [1.29, 1.82) is 0 Å². The van der Waals surface area contributed by atoms with Gasteiger partial charge in [-0.2, -0.15) is 0 Å². The number of hydrogen-bond acceptors (Lipinski definition) is 4. The van der Waals surface area contributed by atoms with Crippen molar-refractivity contribution >= 4 is 5.91 Å². The molecule has 3 aromatic rings. The molecule has 5 atom stereocenters. The number of amides is 1. The molecule has 0 aliphatic carbocycles. The maximum absolute atomic E-state index is 13.9. The van der Waals surface area contributed by atoms with Crippen LogP contribution in [0.3, 0.4) is 0 Å². The number of ether oxygens (including phenoxy) is 1. The third-order valence-electron chi connectivity index (χ3n) is 9.50. The molecule has 0 spiro atoms. The van der Waals surface area contributed by atoms with Crippen LogP contribution in [0.5, 0.6) is 5.75 Å². The highest BCUT2D eigenvalue weighted by Crippen LogP contribution is 2.45. The molecule has 3 saturated heterocycles. The topological polar surface area (TPSA) is 44.8 Å². The maximum atomic E-state index is 13.9. The van der Waals surface area contributed by atoms with Crippen LogP contribution >= 0.6 is 0 Å². The predicted octanol–water partition coefficient (Wildman–Crippen LogP) is 6.30. The van der Waals surface area contributed by atoms with E-state index in [9.17, 15) is 4.79 Å². The Balaban J connectivity index is 1.55. The fourth-order valence-electron chi connectivity index (χ4n) is 7.33. The lowest BCUT2D eigenvalue weighted by Crippen LogP contribution is -2.69. The molecule has 2 bridgehead atoms. The normalized spacial score (nSPS) is 23.6. The summed E-state index contributed by atoms with van der Waals surface area (Å²) in [5.41, 5.74) is 5.15. The maximum Gasteiger partial charge on any atom is 0.227 e. The molecule has 5 heteroatoms. The fourth-order valence-corrected chi connectivity index (χ4v) is 7.33. The smallest absolute Gasteiger partial charge is 0.227 e. The van der Waals surface area contributed by atoms with Gasteiger partial charge in [0.2, 0.25) is 5.91 Å². The Morgan fingerprint density at radius 3 is 2.15 bits per heavy atom. The largest absolute Gasteiger partial charge is 0.496 e. The summed E-state index contributed by atoms with van der Waals surface area (Å²) in [6.07, 6.45) is 1.03. The zero-order valence-electron chi connectivity index (χ0n) is 25.4. The first kappa shape index (κ1) is 29.3. The van der Waals surface area contributed by atoms with Gasteiger partial charge in [0.25, 0.3) is 0 Å². The van der Waals surface area contributed by atoms with Crippen LogP contribution in [-0.4, -0.2) is 61.1 Å². The number of benzene rings is 3. The van der Waals surface area contributed by atoms with E-state index in [2.05, 4.69) is 117 Å². The molecule has 3 heterocycles. The number of rotatable bonds is 11. The van der Waals surface area contributed by atoms with Crippen LogP contribution in [0.1, 0.15) is 68.2 Å². The summed E-state index contributed by atoms with van der Waals surface area (Å²) in [6, 6.07) is 28.8. The highest BCUT2D eigenvalue weighted by atomic mass is 16.5. The van der Waals surface area contributed by atoms with Gasteiger partial charge in [0.1, 0.15) is 5.75 Å². The van der Waals surface area contributed by atoms with Crippen molar-refractivity contribution in [3.8, 4) is 5.75 Å². The molecular formula is C36H47N3O2. The lowest BCUT2D eigenvalue weighted by Gasteiger charge is -2.57. The average molecular weight is 554 g/mol. The monoisotopic (exact) mass is 553 g/mol. The average Bonchev–Trinajstić information content (AvgIpc) is 3.02. The van der Waals surface area contributed by atoms with Crippen molar-refractivity contribution in [1.82, 2.24) is 15.1 Å². The van der Waals surface area contributed by atoms with Gasteiger partial charge in [0.05, 0.1) is 13.0 Å². The minimum absolute atomic E-state index is 0.00786. The van der Waals surface area contributed by atoms with Gasteiger partial charge in [-0.05, 0) is 61.4 Å². The van der Waals surface area contributed by atoms with Crippen molar-refractivity contribution in [2.75, 3.05) is 33.3 Å². The van der Waals surface area contributed by atoms with E-state index in [1.54, 1.807) is 7.11 Å². The molecule has 1 amide bonds. The van der Waals surface area contributed by atoms with Gasteiger partial charge in [0.15, 0.2) is 0 Å². The Kier molecular flexibility index (Phi) is 9.46. The summed E-state index contributed by atoms with van der Waals surface area (Å²) >= 11 is 0. The highest BCUT2D eigenvalue weighted by Gasteiger charge is 2.52. The van der Waals surface area contributed by atoms with E-state index in [1.807, 2.05) is 4.90 Å². The molecular weight excluding hydrogens is 506 g/mol. The first-order chi connectivity index (χ1) is 20.0. The zero-order chi connectivity index (χ0) is 28.9. The van der Waals surface area contributed by atoms with Gasteiger partial charge in [-0.1, -0.05) is 86.6 Å². The molecule has 3 aromatic carbocycles. The first-order valence-electron chi connectivity index (χ1n) is 15.5. The van der Waals surface area contributed by atoms with Crippen LogP contribution in [0.15, 0.2) is 78.9 Å². The number of methoxy groups -OCH3 is 1. The SMILES string of the molecule is CCN(CC)C(=O)[C@H]1CN2CC[C@@H]1[C@H](NCc1cc(C(C)C)ccc1OC)[C@@H]2C(c1ccccc1)c1ccccc1. The van der Waals surface area contributed by atoms with Crippen molar-refractivity contribution in [3.63, 3.8) is 0 Å². The Morgan fingerprint density at radius 1 is 0.951 bits per heavy atom. The molecule has 1 N–H and O–H groups in total. The van der Waals surface area contributed by atoms with E-state index >= 15 is 0 Å². The van der Waals surface area contributed by atoms with E-state index in [1.165, 1.54) is 22.3 Å². The molecule has 3 fully saturated rings. The van der Waals surface area contributed by atoms with Crippen LogP contribution in [0, 0.1) is 11.8 Å². The fraction of sp³-hybridized carbons (Fsp3) is 0.472. The van der Waals surface area contributed by atoms with Gasteiger partial charge in [0, 0.05) is 49.7 Å². The molecule has 0 saturated carbocycles. The molecule has 0 aromatic heterocycles. The number of hydrogen-bond donors (Lipinski definition) is 1. The molecule has 1 unspecified atom stereocenters. The minimum Gasteiger partial charge on any atom is -0.496 e. The lowest BCUT2D eigenvalue weighted by atomic mass is 9.66. The summed E-state index contributed by atoms with van der Waals surface area (Å²) in [4.78, 5) is 18.5. The van der Waals surface area contributed by atoms with Crippen molar-refractivity contribution in [2.45, 2.75) is 64.6 Å². The van der Waals surface area contributed by atoms with Crippen molar-refractivity contribution < 1.29 is 9.53 Å². The number of carbonyl (C=O) groups excluding carboxylic acids is 1. The molecule has 5 nitrogen and oxygen atoms in total. The third kappa shape index (κ3) is 6.07. The first-order valence-corrected chi connectivity index (χ1v) is 15.5. The quantitative estimate of drug-likeness (QED) is 0.303. The Labute approximate surface area is 246 Å². The number of fused-ring (bicyclic) bond motifs is 3. The van der Waals surface area contributed by atoms with Gasteiger partial charge in [-0.25, -0.2) is 0 Å². The van der Waals surface area contributed by atoms with Gasteiger partial charge >= 0.3 is 0 Å². The number of piperidine rings is 3. The van der Waals surface area contributed by atoms with E-state index in [0.717, 1.165) is 38.3 Å². The van der Waals surface area contributed by atoms with Gasteiger partial charge in [-0.15, -0.1) is 0 Å². The summed E-state index contributed by atoms with van der Waals surface area (Å²) < 4.78 is 5.80. The number of carbonyl (C=O) groups is 1. The number of nitrogens with one attached hydrogen (secondary N) is 1. The van der Waals surface area contributed by atoms with Crippen LogP contribution in [0.25, 0.3) is 0 Å². The molecule has 3 aliphatic heterocycles. The second-order valence-corrected chi connectivity index (χ2v) is 12.0. The summed E-state index contributed by atoms with van der Waals surface area (Å²) in [6.45, 7) is 12.7. The standard InChI is InChI=1S/C36H47N3O2/c1-6-38(7-2)36(40)31-24-39-21-20-30(31)34(37-23-29-22-28(25(3)4)18-19-32(29)41-5)35(39)33(26-14-10-8-11-15-26)27-16-12-9-13-17-27/h8-19,22,25,30-31,33-35,37H,6-7,20-21,23-24H2,1-5H3/t30-,31-,34-,35-/m0/s1. The molecule has 3 aliphatic rings. The van der Waals surface area contributed by atoms with Crippen LogP contribution < -0.4 is 10.1 Å². The van der Waals surface area contributed by atoms with Crippen LogP contribution in [0.4, 0.5) is 0 Å². The molecule has 6 rings (SSSR count). The molecule has 0 radical (unpaired) electrons. The Bertz CT molecular complexity index is 1230. The van der Waals surface area contributed by atoms with Crippen LogP contribution in [-0.2, 0) is 11.3 Å². The summed E-state index contributed by atoms with van der Waals surface area (Å²) in [7, 11) is 1.75. The van der Waals surface area contributed by atoms with E-state index in [0.29, 0.717) is 18.4 Å². The van der Waals surface area contributed by atoms with Gasteiger partial charge in [-0.3, -0.25) is 9.69 Å². The van der Waals surface area contributed by atoms with Crippen molar-refractivity contribution in [3.05, 3.63) is 101 Å². The zero-order valence-corrected chi connectivity index (χ0v) is 25.4. The number of nitrogens with zero attached hydrogens (tertiary/aromatic N) is 2. The van der Waals surface area contributed by atoms with E-state index in [4.69, 9.17) is 4.74 Å². The Hall–Kier alpha value is -3.15. The van der Waals surface area contributed by atoms with Crippen LogP contribution in [0.2, 0.25) is 0 Å². The predicted molar refractivity (Wildman–Crippen MR) is 167 cm³/mol. The third-order valence-corrected chi connectivity index (χ3v) is 9.50. The molecule has 218 valence electrons.